The van der Waals surface area contributed by atoms with Crippen molar-refractivity contribution in [2.45, 2.75) is 64.3 Å². The Balaban J connectivity index is 1.22. The lowest BCUT2D eigenvalue weighted by molar-refractivity contribution is -0.129. The quantitative estimate of drug-likeness (QED) is 0.811. The highest BCUT2D eigenvalue weighted by Crippen LogP contribution is 2.61. The summed E-state index contributed by atoms with van der Waals surface area (Å²) in [4.78, 5) is 28.2. The summed E-state index contributed by atoms with van der Waals surface area (Å²) >= 11 is 0. The summed E-state index contributed by atoms with van der Waals surface area (Å²) in [5.74, 6) is 3.99. The molecule has 4 saturated carbocycles. The molecule has 1 saturated heterocycles. The average Bonchev–Trinajstić information content (AvgIpc) is 3.19. The number of aromatic nitrogens is 3. The number of rotatable bonds is 6. The van der Waals surface area contributed by atoms with E-state index < -0.39 is 0 Å². The molecule has 152 valence electrons. The molecule has 4 bridgehead atoms. The van der Waals surface area contributed by atoms with Gasteiger partial charge in [0.05, 0.1) is 13.7 Å². The minimum Gasteiger partial charge on any atom is -0.467 e. The molecular formula is C21H31N5O2. The molecule has 0 unspecified atom stereocenters. The molecule has 6 rings (SSSR count). The van der Waals surface area contributed by atoms with Crippen LogP contribution in [-0.2, 0) is 11.3 Å². The van der Waals surface area contributed by atoms with Gasteiger partial charge in [-0.2, -0.15) is 15.0 Å². The van der Waals surface area contributed by atoms with Crippen molar-refractivity contribution in [1.82, 2.24) is 20.3 Å². The third-order valence-corrected chi connectivity index (χ3v) is 7.37. The second kappa shape index (κ2) is 7.16. The first-order chi connectivity index (χ1) is 13.6. The molecule has 5 fully saturated rings. The van der Waals surface area contributed by atoms with Gasteiger partial charge in [-0.1, -0.05) is 0 Å². The number of methoxy groups -OCH3 is 1. The van der Waals surface area contributed by atoms with Crippen LogP contribution in [0.4, 0.5) is 5.95 Å². The van der Waals surface area contributed by atoms with Crippen LogP contribution in [0, 0.1) is 23.2 Å². The summed E-state index contributed by atoms with van der Waals surface area (Å²) in [7, 11) is 1.57. The third kappa shape index (κ3) is 3.55. The van der Waals surface area contributed by atoms with Crippen LogP contribution in [0.5, 0.6) is 6.01 Å². The van der Waals surface area contributed by atoms with E-state index in [1.54, 1.807) is 7.11 Å². The van der Waals surface area contributed by atoms with Crippen molar-refractivity contribution in [3.63, 3.8) is 0 Å². The van der Waals surface area contributed by atoms with Crippen molar-refractivity contribution in [2.24, 2.45) is 23.2 Å². The van der Waals surface area contributed by atoms with E-state index in [4.69, 9.17) is 4.74 Å². The van der Waals surface area contributed by atoms with Crippen molar-refractivity contribution >= 4 is 11.9 Å². The number of carbonyl (C=O) groups is 1. The number of nitrogens with one attached hydrogen (secondary N) is 1. The fourth-order valence-corrected chi connectivity index (χ4v) is 6.70. The van der Waals surface area contributed by atoms with E-state index >= 15 is 0 Å². The van der Waals surface area contributed by atoms with Crippen LogP contribution in [0.15, 0.2) is 0 Å². The highest BCUT2D eigenvalue weighted by molar-refractivity contribution is 5.76. The molecule has 2 heterocycles. The molecule has 1 aliphatic heterocycles. The predicted octanol–water partition coefficient (Wildman–Crippen LogP) is 2.70. The molecule has 1 aromatic heterocycles. The number of anilines is 1. The lowest BCUT2D eigenvalue weighted by Crippen LogP contribution is -2.48. The zero-order chi connectivity index (χ0) is 19.1. The smallest absolute Gasteiger partial charge is 0.321 e. The van der Waals surface area contributed by atoms with Crippen LogP contribution in [0.25, 0.3) is 0 Å². The molecule has 1 amide bonds. The summed E-state index contributed by atoms with van der Waals surface area (Å²) in [5.41, 5.74) is 0.260. The number of hydrogen-bond acceptors (Lipinski definition) is 6. The monoisotopic (exact) mass is 385 g/mol. The van der Waals surface area contributed by atoms with E-state index in [0.29, 0.717) is 30.7 Å². The van der Waals surface area contributed by atoms with Gasteiger partial charge in [0, 0.05) is 19.5 Å². The van der Waals surface area contributed by atoms with Crippen LogP contribution in [0.3, 0.4) is 0 Å². The first kappa shape index (κ1) is 18.1. The number of carbonyl (C=O) groups excluding carboxylic acids is 1. The molecule has 4 aliphatic carbocycles. The zero-order valence-corrected chi connectivity index (χ0v) is 16.8. The number of nitrogens with zero attached hydrogens (tertiary/aromatic N) is 4. The van der Waals surface area contributed by atoms with Gasteiger partial charge in [-0.15, -0.1) is 0 Å². The molecule has 7 heteroatoms. The highest BCUT2D eigenvalue weighted by Gasteiger charge is 2.51. The van der Waals surface area contributed by atoms with Crippen LogP contribution in [0.2, 0.25) is 0 Å². The van der Waals surface area contributed by atoms with Crippen molar-refractivity contribution in [1.29, 1.82) is 0 Å². The topological polar surface area (TPSA) is 80.2 Å². The minimum absolute atomic E-state index is 0.143. The Morgan fingerprint density at radius 2 is 1.71 bits per heavy atom. The Labute approximate surface area is 166 Å². The van der Waals surface area contributed by atoms with Crippen molar-refractivity contribution in [3.8, 4) is 6.01 Å². The van der Waals surface area contributed by atoms with E-state index in [1.165, 1.54) is 38.5 Å². The fraction of sp³-hybridized carbons (Fsp3) is 0.810. The van der Waals surface area contributed by atoms with Crippen molar-refractivity contribution in [3.05, 3.63) is 5.82 Å². The lowest BCUT2D eigenvalue weighted by Gasteiger charge is -2.56. The molecule has 0 radical (unpaired) electrons. The molecule has 1 N–H and O–H groups in total. The van der Waals surface area contributed by atoms with Gasteiger partial charge in [0.15, 0.2) is 5.82 Å². The molecule has 0 atom stereocenters. The maximum Gasteiger partial charge on any atom is 0.321 e. The maximum absolute atomic E-state index is 12.8. The van der Waals surface area contributed by atoms with Gasteiger partial charge >= 0.3 is 6.01 Å². The van der Waals surface area contributed by atoms with E-state index in [0.717, 1.165) is 43.7 Å². The summed E-state index contributed by atoms with van der Waals surface area (Å²) in [6, 6.07) is 0.322. The second-order valence-corrected chi connectivity index (χ2v) is 9.60. The van der Waals surface area contributed by atoms with Gasteiger partial charge in [-0.3, -0.25) is 4.79 Å². The Bertz CT molecular complexity index is 711. The van der Waals surface area contributed by atoms with E-state index in [-0.39, 0.29) is 11.3 Å². The Morgan fingerprint density at radius 3 is 2.32 bits per heavy atom. The Hall–Kier alpha value is -1.92. The second-order valence-electron chi connectivity index (χ2n) is 9.60. The van der Waals surface area contributed by atoms with Gasteiger partial charge < -0.3 is 15.0 Å². The third-order valence-electron chi connectivity index (χ3n) is 7.37. The molecule has 1 aromatic rings. The number of hydrogen-bond donors (Lipinski definition) is 1. The molecule has 0 spiro atoms. The first-order valence-electron chi connectivity index (χ1n) is 10.9. The van der Waals surface area contributed by atoms with Gasteiger partial charge in [0.1, 0.15) is 0 Å². The van der Waals surface area contributed by atoms with E-state index in [9.17, 15) is 4.79 Å². The molecule has 0 aromatic carbocycles. The van der Waals surface area contributed by atoms with Gasteiger partial charge in [-0.05, 0) is 74.5 Å². The van der Waals surface area contributed by atoms with E-state index in [2.05, 4.69) is 25.2 Å². The van der Waals surface area contributed by atoms with Gasteiger partial charge in [0.25, 0.3) is 0 Å². The normalized spacial score (nSPS) is 33.3. The van der Waals surface area contributed by atoms with Gasteiger partial charge in [0.2, 0.25) is 11.9 Å². The van der Waals surface area contributed by atoms with E-state index in [1.807, 2.05) is 0 Å². The minimum atomic E-state index is 0.143. The molecular weight excluding hydrogens is 354 g/mol. The largest absolute Gasteiger partial charge is 0.467 e. The average molecular weight is 386 g/mol. The summed E-state index contributed by atoms with van der Waals surface area (Å²) in [5, 5.41) is 3.08. The van der Waals surface area contributed by atoms with Crippen LogP contribution in [0.1, 0.15) is 63.6 Å². The van der Waals surface area contributed by atoms with Crippen LogP contribution < -0.4 is 15.0 Å². The fourth-order valence-electron chi connectivity index (χ4n) is 6.70. The maximum atomic E-state index is 12.8. The zero-order valence-electron chi connectivity index (χ0n) is 16.8. The van der Waals surface area contributed by atoms with Crippen LogP contribution in [-0.4, -0.2) is 41.1 Å². The number of ether oxygens (including phenoxy) is 1. The summed E-state index contributed by atoms with van der Waals surface area (Å²) in [6.07, 6.45) is 11.0. The Kier molecular flexibility index (Phi) is 4.63. The predicted molar refractivity (Wildman–Crippen MR) is 105 cm³/mol. The SMILES string of the molecule is COc1nc(CNC(=O)CC23CC4CC(CC(C4)C2)C3)nc(N2CCCC2)n1. The standard InChI is InChI=1S/C21H31N5O2/c1-28-20-24-17(23-19(25-20)26-4-2-3-5-26)13-22-18(27)12-21-9-14-6-15(10-21)8-16(7-14)11-21/h14-16H,2-13H2,1H3,(H,22,27). The highest BCUT2D eigenvalue weighted by atomic mass is 16.5. The van der Waals surface area contributed by atoms with Crippen molar-refractivity contribution < 1.29 is 9.53 Å². The molecule has 5 aliphatic rings. The summed E-state index contributed by atoms with van der Waals surface area (Å²) < 4.78 is 5.25. The lowest BCUT2D eigenvalue weighted by atomic mass is 9.49. The molecule has 28 heavy (non-hydrogen) atoms. The van der Waals surface area contributed by atoms with Crippen LogP contribution >= 0.6 is 0 Å². The first-order valence-corrected chi connectivity index (χ1v) is 10.9. The molecule has 7 nitrogen and oxygen atoms in total. The van der Waals surface area contributed by atoms with Gasteiger partial charge in [-0.25, -0.2) is 0 Å². The number of amides is 1. The van der Waals surface area contributed by atoms with Crippen molar-refractivity contribution in [2.75, 3.05) is 25.1 Å². The summed E-state index contributed by atoms with van der Waals surface area (Å²) in [6.45, 7) is 2.26. The Morgan fingerprint density at radius 1 is 1.07 bits per heavy atom.